The minimum Gasteiger partial charge on any atom is -0.358 e. The van der Waals surface area contributed by atoms with Crippen LogP contribution < -0.4 is 9.50 Å². The molecule has 1 saturated carbocycles. The molecule has 0 bridgehead atoms. The van der Waals surface area contributed by atoms with Gasteiger partial charge in [0.25, 0.3) is 0 Å². The average molecular weight is 287 g/mol. The second kappa shape index (κ2) is 4.80. The van der Waals surface area contributed by atoms with Crippen LogP contribution in [0.3, 0.4) is 0 Å². The molecule has 2 rings (SSSR count). The van der Waals surface area contributed by atoms with Crippen LogP contribution in [0.15, 0.2) is 24.3 Å². The van der Waals surface area contributed by atoms with Gasteiger partial charge >= 0.3 is 10.5 Å². The second-order valence-corrected chi connectivity index (χ2v) is 5.82. The van der Waals surface area contributed by atoms with Crippen molar-refractivity contribution < 1.29 is 21.3 Å². The molecule has 0 unspecified atom stereocenters. The van der Waals surface area contributed by atoms with E-state index in [4.69, 9.17) is 0 Å². The maximum absolute atomic E-state index is 12.3. The number of amides is 1. The molecule has 5 nitrogen and oxygen atoms in total. The predicted octanol–water partition coefficient (Wildman–Crippen LogP) is 2.41. The van der Waals surface area contributed by atoms with Gasteiger partial charge in [0.1, 0.15) is 5.75 Å². The summed E-state index contributed by atoms with van der Waals surface area (Å²) in [5.41, 5.74) is 0.194. The molecule has 0 heterocycles. The van der Waals surface area contributed by atoms with Crippen molar-refractivity contribution in [3.63, 3.8) is 0 Å². The van der Waals surface area contributed by atoms with Crippen LogP contribution >= 0.6 is 0 Å². The zero-order valence-electron chi connectivity index (χ0n) is 10.3. The van der Waals surface area contributed by atoms with E-state index in [9.17, 15) is 17.1 Å². The molecule has 0 aromatic heterocycles. The Morgan fingerprint density at radius 2 is 1.89 bits per heavy atom. The minimum atomic E-state index is -5.02. The van der Waals surface area contributed by atoms with Crippen LogP contribution in [-0.4, -0.2) is 14.3 Å². The number of carbonyl (C=O) groups is 1. The van der Waals surface area contributed by atoms with Gasteiger partial charge in [0.05, 0.1) is 0 Å². The number of halogens is 1. The van der Waals surface area contributed by atoms with E-state index in [1.807, 2.05) is 6.92 Å². The summed E-state index contributed by atoms with van der Waals surface area (Å²) in [5.74, 6) is -0.208. The van der Waals surface area contributed by atoms with E-state index in [1.165, 1.54) is 24.3 Å². The summed E-state index contributed by atoms with van der Waals surface area (Å²) >= 11 is 0. The molecule has 0 aliphatic heterocycles. The molecule has 1 aromatic rings. The molecule has 1 N–H and O–H groups in total. The van der Waals surface area contributed by atoms with Gasteiger partial charge in [-0.3, -0.25) is 4.79 Å². The molecule has 104 valence electrons. The Morgan fingerprint density at radius 1 is 1.32 bits per heavy atom. The number of hydrogen-bond acceptors (Lipinski definition) is 4. The highest BCUT2D eigenvalue weighted by atomic mass is 32.3. The third kappa shape index (κ3) is 3.44. The second-order valence-electron chi connectivity index (χ2n) is 4.87. The highest BCUT2D eigenvalue weighted by Gasteiger charge is 2.39. The normalized spacial score (nSPS) is 17.4. The fourth-order valence-electron chi connectivity index (χ4n) is 1.92. The van der Waals surface area contributed by atoms with Crippen molar-refractivity contribution in [3.8, 4) is 5.75 Å². The molecular formula is C12H14FNO4S. The molecule has 0 saturated heterocycles. The lowest BCUT2D eigenvalue weighted by Crippen LogP contribution is -2.39. The van der Waals surface area contributed by atoms with Crippen molar-refractivity contribution in [3.05, 3.63) is 24.3 Å². The summed E-state index contributed by atoms with van der Waals surface area (Å²) in [6.45, 7) is 1.90. The van der Waals surface area contributed by atoms with E-state index in [0.717, 1.165) is 19.3 Å². The number of hydrogen-bond donors (Lipinski definition) is 1. The Bertz CT molecular complexity index is 578. The first-order valence-corrected chi connectivity index (χ1v) is 7.15. The van der Waals surface area contributed by atoms with Gasteiger partial charge in [0, 0.05) is 11.1 Å². The van der Waals surface area contributed by atoms with Crippen LogP contribution in [0.2, 0.25) is 0 Å². The molecular weight excluding hydrogens is 273 g/mol. The van der Waals surface area contributed by atoms with Gasteiger partial charge < -0.3 is 9.50 Å². The lowest BCUT2D eigenvalue weighted by atomic mass is 9.70. The van der Waals surface area contributed by atoms with E-state index < -0.39 is 10.5 Å². The monoisotopic (exact) mass is 287 g/mol. The highest BCUT2D eigenvalue weighted by molar-refractivity contribution is 7.81. The average Bonchev–Trinajstić information content (AvgIpc) is 2.26. The van der Waals surface area contributed by atoms with Crippen molar-refractivity contribution in [1.82, 2.24) is 0 Å². The van der Waals surface area contributed by atoms with Gasteiger partial charge in [0.2, 0.25) is 5.91 Å². The summed E-state index contributed by atoms with van der Waals surface area (Å²) in [6.07, 6.45) is 2.77. The molecule has 0 atom stereocenters. The largest absolute Gasteiger partial charge is 0.488 e. The maximum Gasteiger partial charge on any atom is 0.488 e. The number of carbonyl (C=O) groups excluding carboxylic acids is 1. The molecule has 1 aliphatic rings. The van der Waals surface area contributed by atoms with Crippen LogP contribution in [0.4, 0.5) is 9.57 Å². The Labute approximate surface area is 111 Å². The van der Waals surface area contributed by atoms with Crippen LogP contribution in [0.25, 0.3) is 0 Å². The van der Waals surface area contributed by atoms with Gasteiger partial charge in [0.15, 0.2) is 0 Å². The SMILES string of the molecule is CC1(C(=O)Nc2ccc(OS(=O)(=O)F)cc2)CCC1. The van der Waals surface area contributed by atoms with Gasteiger partial charge in [-0.1, -0.05) is 17.2 Å². The summed E-state index contributed by atoms with van der Waals surface area (Å²) in [6, 6.07) is 5.46. The Hall–Kier alpha value is -1.63. The first-order chi connectivity index (χ1) is 8.78. The fourth-order valence-corrected chi connectivity index (χ4v) is 2.27. The van der Waals surface area contributed by atoms with Crippen LogP contribution in [0.5, 0.6) is 5.75 Å². The Balaban J connectivity index is 2.01. The lowest BCUT2D eigenvalue weighted by molar-refractivity contribution is -0.128. The third-order valence-corrected chi connectivity index (χ3v) is 3.70. The molecule has 1 aromatic carbocycles. The van der Waals surface area contributed by atoms with Crippen LogP contribution in [0.1, 0.15) is 26.2 Å². The summed E-state index contributed by atoms with van der Waals surface area (Å²) in [7, 11) is -5.02. The fraction of sp³-hybridized carbons (Fsp3) is 0.417. The molecule has 7 heteroatoms. The van der Waals surface area contributed by atoms with E-state index >= 15 is 0 Å². The van der Waals surface area contributed by atoms with E-state index in [0.29, 0.717) is 5.69 Å². The smallest absolute Gasteiger partial charge is 0.358 e. The number of rotatable bonds is 4. The first-order valence-electron chi connectivity index (χ1n) is 5.84. The minimum absolute atomic E-state index is 0.0643. The van der Waals surface area contributed by atoms with Gasteiger partial charge in [-0.2, -0.15) is 8.42 Å². The Morgan fingerprint density at radius 3 is 2.32 bits per heavy atom. The predicted molar refractivity (Wildman–Crippen MR) is 67.7 cm³/mol. The van der Waals surface area contributed by atoms with Crippen molar-refractivity contribution in [2.45, 2.75) is 26.2 Å². The van der Waals surface area contributed by atoms with E-state index in [-0.39, 0.29) is 17.1 Å². The number of nitrogens with one attached hydrogen (secondary N) is 1. The summed E-state index contributed by atoms with van der Waals surface area (Å²) < 4.78 is 36.9. The third-order valence-electron chi connectivity index (χ3n) is 3.31. The quantitative estimate of drug-likeness (QED) is 0.863. The van der Waals surface area contributed by atoms with Gasteiger partial charge in [-0.15, -0.1) is 0 Å². The zero-order chi connectivity index (χ0) is 14.1. The number of benzene rings is 1. The number of anilines is 1. The highest BCUT2D eigenvalue weighted by Crippen LogP contribution is 2.41. The topological polar surface area (TPSA) is 72.5 Å². The molecule has 0 radical (unpaired) electrons. The van der Waals surface area contributed by atoms with E-state index in [2.05, 4.69) is 9.50 Å². The Kier molecular flexibility index (Phi) is 3.49. The zero-order valence-corrected chi connectivity index (χ0v) is 11.2. The van der Waals surface area contributed by atoms with Crippen LogP contribution in [-0.2, 0) is 15.3 Å². The van der Waals surface area contributed by atoms with Crippen molar-refractivity contribution >= 4 is 22.1 Å². The first kappa shape index (κ1) is 13.8. The lowest BCUT2D eigenvalue weighted by Gasteiger charge is -2.36. The molecule has 1 aliphatic carbocycles. The molecule has 19 heavy (non-hydrogen) atoms. The molecule has 1 fully saturated rings. The van der Waals surface area contributed by atoms with Gasteiger partial charge in [-0.05, 0) is 37.1 Å². The van der Waals surface area contributed by atoms with Crippen LogP contribution in [0, 0.1) is 5.41 Å². The van der Waals surface area contributed by atoms with Crippen molar-refractivity contribution in [2.75, 3.05) is 5.32 Å². The van der Waals surface area contributed by atoms with E-state index in [1.54, 1.807) is 0 Å². The maximum atomic E-state index is 12.3. The summed E-state index contributed by atoms with van der Waals surface area (Å²) in [5, 5.41) is 2.74. The summed E-state index contributed by atoms with van der Waals surface area (Å²) in [4.78, 5) is 11.9. The van der Waals surface area contributed by atoms with Gasteiger partial charge in [-0.25, -0.2) is 0 Å². The molecule has 0 spiro atoms. The van der Waals surface area contributed by atoms with Crippen molar-refractivity contribution in [2.24, 2.45) is 5.41 Å². The van der Waals surface area contributed by atoms with Crippen molar-refractivity contribution in [1.29, 1.82) is 0 Å². The molecule has 1 amide bonds. The standard InChI is InChI=1S/C12H14FNO4S/c1-12(7-2-8-12)11(15)14-9-3-5-10(6-4-9)18-19(13,16)17/h3-6H,2,7-8H2,1H3,(H,14,15).